The second-order valence-corrected chi connectivity index (χ2v) is 11.0. The van der Waals surface area contributed by atoms with Gasteiger partial charge in [0.05, 0.1) is 10.6 Å². The molecule has 3 heterocycles. The first-order valence-corrected chi connectivity index (χ1v) is 13.6. The van der Waals surface area contributed by atoms with Crippen LogP contribution in [0.2, 0.25) is 0 Å². The number of carbonyl (C=O) groups excluding carboxylic acids is 1. The van der Waals surface area contributed by atoms with Gasteiger partial charge >= 0.3 is 0 Å². The van der Waals surface area contributed by atoms with Crippen LogP contribution in [-0.2, 0) is 27.6 Å². The lowest BCUT2D eigenvalue weighted by Gasteiger charge is -2.28. The van der Waals surface area contributed by atoms with Gasteiger partial charge in [-0.2, -0.15) is 0 Å². The topological polar surface area (TPSA) is 91.4 Å². The van der Waals surface area contributed by atoms with Crippen LogP contribution in [0.4, 0.5) is 11.5 Å². The van der Waals surface area contributed by atoms with E-state index in [-0.39, 0.29) is 4.90 Å². The number of rotatable bonds is 6. The molecule has 0 saturated carbocycles. The zero-order chi connectivity index (χ0) is 24.6. The molecule has 0 radical (unpaired) electrons. The minimum absolute atomic E-state index is 0.262. The molecule has 2 aliphatic heterocycles. The highest BCUT2D eigenvalue weighted by Gasteiger charge is 2.23. The standard InChI is InChI=1S/C27H28N4O3S/c1-3-31-13-11-19-14-22(7-4-21(19)16-31)29-27-26-20(10-12-28-25(26)17-32)15-24(30-27)18-5-8-23(9-6-18)35(2,33)34/h4-10,12,14-15,17,25,28H,3,11,13,16H2,1-2H3,(H,29,30). The Bertz CT molecular complexity index is 1420. The third-order valence-electron chi connectivity index (χ3n) is 6.66. The van der Waals surface area contributed by atoms with Gasteiger partial charge in [-0.15, -0.1) is 0 Å². The zero-order valence-electron chi connectivity index (χ0n) is 19.8. The van der Waals surface area contributed by atoms with Gasteiger partial charge in [0, 0.05) is 36.2 Å². The molecular formula is C27H28N4O3S. The van der Waals surface area contributed by atoms with Gasteiger partial charge in [0.1, 0.15) is 18.1 Å². The molecule has 3 aromatic rings. The van der Waals surface area contributed by atoms with Gasteiger partial charge in [-0.05, 0) is 72.3 Å². The summed E-state index contributed by atoms with van der Waals surface area (Å²) in [4.78, 5) is 19.4. The second kappa shape index (κ2) is 9.28. The third kappa shape index (κ3) is 4.72. The highest BCUT2D eigenvalue weighted by Crippen LogP contribution is 2.35. The number of benzene rings is 2. The van der Waals surface area contributed by atoms with Crippen molar-refractivity contribution in [3.63, 3.8) is 0 Å². The lowest BCUT2D eigenvalue weighted by atomic mass is 9.96. The molecule has 2 aliphatic rings. The van der Waals surface area contributed by atoms with Crippen molar-refractivity contribution < 1.29 is 13.2 Å². The van der Waals surface area contributed by atoms with E-state index in [2.05, 4.69) is 40.7 Å². The van der Waals surface area contributed by atoms with Gasteiger partial charge in [0.15, 0.2) is 9.84 Å². The minimum atomic E-state index is -3.28. The molecular weight excluding hydrogens is 460 g/mol. The van der Waals surface area contributed by atoms with Gasteiger partial charge < -0.3 is 15.4 Å². The maximum Gasteiger partial charge on any atom is 0.175 e. The zero-order valence-corrected chi connectivity index (χ0v) is 20.6. The van der Waals surface area contributed by atoms with Crippen molar-refractivity contribution in [1.82, 2.24) is 15.2 Å². The summed E-state index contributed by atoms with van der Waals surface area (Å²) in [7, 11) is -3.28. The summed E-state index contributed by atoms with van der Waals surface area (Å²) in [5, 5.41) is 6.56. The van der Waals surface area contributed by atoms with Crippen LogP contribution in [0.25, 0.3) is 17.3 Å². The first-order chi connectivity index (χ1) is 16.9. The quantitative estimate of drug-likeness (QED) is 0.505. The van der Waals surface area contributed by atoms with E-state index in [1.165, 1.54) is 17.4 Å². The Hall–Kier alpha value is -3.49. The highest BCUT2D eigenvalue weighted by atomic mass is 32.2. The number of fused-ring (bicyclic) bond motifs is 2. The largest absolute Gasteiger partial charge is 0.378 e. The van der Waals surface area contributed by atoms with Crippen molar-refractivity contribution in [3.8, 4) is 11.3 Å². The van der Waals surface area contributed by atoms with Gasteiger partial charge in [0.2, 0.25) is 0 Å². The molecule has 0 bridgehead atoms. The molecule has 0 spiro atoms. The van der Waals surface area contributed by atoms with Gasteiger partial charge in [-0.25, -0.2) is 13.4 Å². The van der Waals surface area contributed by atoms with Crippen LogP contribution in [0.5, 0.6) is 0 Å². The summed E-state index contributed by atoms with van der Waals surface area (Å²) in [6.07, 6.45) is 6.75. The predicted molar refractivity (Wildman–Crippen MR) is 138 cm³/mol. The summed E-state index contributed by atoms with van der Waals surface area (Å²) in [5.74, 6) is 0.601. The number of hydrogen-bond donors (Lipinski definition) is 2. The number of aromatic nitrogens is 1. The number of aldehydes is 1. The number of likely N-dealkylation sites (N-methyl/N-ethyl adjacent to an activating group) is 1. The van der Waals surface area contributed by atoms with E-state index in [4.69, 9.17) is 4.98 Å². The number of anilines is 2. The molecule has 2 aromatic carbocycles. The molecule has 5 rings (SSSR count). The number of carbonyl (C=O) groups is 1. The van der Waals surface area contributed by atoms with Gasteiger partial charge in [0.25, 0.3) is 0 Å². The molecule has 0 fully saturated rings. The van der Waals surface area contributed by atoms with Gasteiger partial charge in [-0.3, -0.25) is 4.90 Å². The van der Waals surface area contributed by atoms with E-state index in [1.54, 1.807) is 30.5 Å². The Labute approximate surface area is 205 Å². The summed E-state index contributed by atoms with van der Waals surface area (Å²) in [5.41, 5.74) is 6.75. The summed E-state index contributed by atoms with van der Waals surface area (Å²) in [6, 6.07) is 14.5. The number of pyridine rings is 1. The average Bonchev–Trinajstić information content (AvgIpc) is 2.87. The molecule has 1 unspecified atom stereocenters. The van der Waals surface area contributed by atoms with Crippen LogP contribution >= 0.6 is 0 Å². The highest BCUT2D eigenvalue weighted by molar-refractivity contribution is 7.90. The van der Waals surface area contributed by atoms with Crippen LogP contribution in [0.3, 0.4) is 0 Å². The van der Waals surface area contributed by atoms with Crippen molar-refractivity contribution in [2.75, 3.05) is 24.7 Å². The van der Waals surface area contributed by atoms with E-state index >= 15 is 0 Å². The van der Waals surface area contributed by atoms with Crippen molar-refractivity contribution in [3.05, 3.63) is 77.0 Å². The molecule has 0 saturated heterocycles. The summed E-state index contributed by atoms with van der Waals surface area (Å²) < 4.78 is 23.7. The van der Waals surface area contributed by atoms with E-state index in [1.807, 2.05) is 12.1 Å². The monoisotopic (exact) mass is 488 g/mol. The Morgan fingerprint density at radius 1 is 1.14 bits per heavy atom. The number of nitrogens with one attached hydrogen (secondary N) is 2. The first-order valence-electron chi connectivity index (χ1n) is 11.7. The summed E-state index contributed by atoms with van der Waals surface area (Å²) >= 11 is 0. The van der Waals surface area contributed by atoms with E-state index < -0.39 is 15.9 Å². The third-order valence-corrected chi connectivity index (χ3v) is 7.79. The molecule has 8 heteroatoms. The Morgan fingerprint density at radius 2 is 1.94 bits per heavy atom. The minimum Gasteiger partial charge on any atom is -0.378 e. The molecule has 7 nitrogen and oxygen atoms in total. The Balaban J connectivity index is 1.55. The van der Waals surface area contributed by atoms with Gasteiger partial charge in [-0.1, -0.05) is 25.1 Å². The van der Waals surface area contributed by atoms with Crippen molar-refractivity contribution in [1.29, 1.82) is 0 Å². The van der Waals surface area contributed by atoms with E-state index in [0.717, 1.165) is 54.7 Å². The molecule has 180 valence electrons. The SMILES string of the molecule is CCN1CCc2cc(Nc3nc(-c4ccc(S(C)(=O)=O)cc4)cc4c3C(C=O)NC=C4)ccc2C1. The molecule has 1 aromatic heterocycles. The Morgan fingerprint density at radius 3 is 2.66 bits per heavy atom. The Kier molecular flexibility index (Phi) is 6.17. The van der Waals surface area contributed by atoms with Crippen molar-refractivity contribution >= 4 is 33.7 Å². The summed E-state index contributed by atoms with van der Waals surface area (Å²) in [6.45, 7) is 5.23. The fourth-order valence-corrected chi connectivity index (χ4v) is 5.31. The first kappa shape index (κ1) is 23.3. The fraction of sp³-hybridized carbons (Fsp3) is 0.259. The van der Waals surface area contributed by atoms with Crippen molar-refractivity contribution in [2.24, 2.45) is 0 Å². The van der Waals surface area contributed by atoms with E-state index in [9.17, 15) is 13.2 Å². The van der Waals surface area contributed by atoms with Crippen molar-refractivity contribution in [2.45, 2.75) is 30.8 Å². The normalized spacial score (nSPS) is 17.3. The lowest BCUT2D eigenvalue weighted by Crippen LogP contribution is -2.30. The van der Waals surface area contributed by atoms with Crippen LogP contribution in [0, 0.1) is 0 Å². The lowest BCUT2D eigenvalue weighted by molar-refractivity contribution is -0.109. The molecule has 35 heavy (non-hydrogen) atoms. The maximum absolute atomic E-state index is 11.9. The predicted octanol–water partition coefficient (Wildman–Crippen LogP) is 4.09. The maximum atomic E-state index is 11.9. The number of sulfone groups is 1. The average molecular weight is 489 g/mol. The van der Waals surface area contributed by atoms with Crippen LogP contribution in [0.15, 0.2) is 59.6 Å². The van der Waals surface area contributed by atoms with Crippen LogP contribution in [-0.4, -0.2) is 43.9 Å². The molecule has 0 amide bonds. The second-order valence-electron chi connectivity index (χ2n) is 9.00. The van der Waals surface area contributed by atoms with Crippen LogP contribution < -0.4 is 10.6 Å². The molecule has 1 atom stereocenters. The smallest absolute Gasteiger partial charge is 0.175 e. The number of hydrogen-bond acceptors (Lipinski definition) is 7. The number of nitrogens with zero attached hydrogens (tertiary/aromatic N) is 2. The van der Waals surface area contributed by atoms with E-state index in [0.29, 0.717) is 11.5 Å². The fourth-order valence-electron chi connectivity index (χ4n) is 4.68. The van der Waals surface area contributed by atoms with Crippen LogP contribution in [0.1, 0.15) is 35.2 Å². The molecule has 2 N–H and O–H groups in total. The molecule has 0 aliphatic carbocycles.